The topological polar surface area (TPSA) is 197 Å². The van der Waals surface area contributed by atoms with Crippen molar-refractivity contribution in [2.45, 2.75) is 42.9 Å². The first-order valence-electron chi connectivity index (χ1n) is 12.4. The number of benzene rings is 2. The number of phenols is 1. The van der Waals surface area contributed by atoms with Crippen LogP contribution >= 0.6 is 0 Å². The molecular formula is C27H36O13. The third kappa shape index (κ3) is 6.95. The molecule has 2 aromatic carbocycles. The molecule has 2 unspecified atom stereocenters. The van der Waals surface area contributed by atoms with Crippen LogP contribution in [0.3, 0.4) is 0 Å². The second-order valence-corrected chi connectivity index (χ2v) is 8.86. The number of hydrogen-bond acceptors (Lipinski definition) is 13. The highest BCUT2D eigenvalue weighted by Crippen LogP contribution is 2.42. The molecule has 13 heteroatoms. The number of hydrogen-bond donors (Lipinski definition) is 7. The number of ether oxygens (including phenoxy) is 6. The Kier molecular flexibility index (Phi) is 11.4. The van der Waals surface area contributed by atoms with Crippen molar-refractivity contribution in [2.24, 2.45) is 0 Å². The first kappa shape index (κ1) is 31.4. The van der Waals surface area contributed by atoms with E-state index in [1.807, 2.05) is 0 Å². The van der Waals surface area contributed by atoms with Gasteiger partial charge in [-0.2, -0.15) is 0 Å². The molecule has 13 nitrogen and oxygen atoms in total. The Bertz CT molecular complexity index is 1100. The summed E-state index contributed by atoms with van der Waals surface area (Å²) in [6.07, 6.45) is -7.16. The Hall–Kier alpha value is -3.14. The second-order valence-electron chi connectivity index (χ2n) is 8.86. The van der Waals surface area contributed by atoms with Gasteiger partial charge in [-0.05, 0) is 35.4 Å². The zero-order valence-corrected chi connectivity index (χ0v) is 22.3. The van der Waals surface area contributed by atoms with E-state index in [-0.39, 0.29) is 35.2 Å². The molecule has 1 aliphatic rings. The predicted octanol–water partition coefficient (Wildman–Crippen LogP) is -0.279. The van der Waals surface area contributed by atoms with Crippen LogP contribution in [0.1, 0.15) is 17.2 Å². The molecule has 0 radical (unpaired) electrons. The molecule has 40 heavy (non-hydrogen) atoms. The highest BCUT2D eigenvalue weighted by Gasteiger charge is 2.46. The maximum atomic E-state index is 10.6. The molecule has 3 rings (SSSR count). The largest absolute Gasteiger partial charge is 0.502 e. The van der Waals surface area contributed by atoms with Crippen molar-refractivity contribution in [2.75, 3.05) is 41.2 Å². The fraction of sp³-hybridized carbons (Fsp3) is 0.481. The van der Waals surface area contributed by atoms with Gasteiger partial charge in [0.2, 0.25) is 5.75 Å². The first-order chi connectivity index (χ1) is 19.2. The molecular weight excluding hydrogens is 532 g/mol. The van der Waals surface area contributed by atoms with Gasteiger partial charge in [-0.1, -0.05) is 18.2 Å². The van der Waals surface area contributed by atoms with Crippen molar-refractivity contribution >= 4 is 6.08 Å². The fourth-order valence-electron chi connectivity index (χ4n) is 4.22. The Morgan fingerprint density at radius 1 is 0.850 bits per heavy atom. The Morgan fingerprint density at radius 2 is 1.50 bits per heavy atom. The molecule has 2 aromatic rings. The predicted molar refractivity (Wildman–Crippen MR) is 139 cm³/mol. The van der Waals surface area contributed by atoms with Crippen LogP contribution in [0, 0.1) is 0 Å². The van der Waals surface area contributed by atoms with Crippen molar-refractivity contribution in [3.63, 3.8) is 0 Å². The quantitative estimate of drug-likeness (QED) is 0.167. The van der Waals surface area contributed by atoms with Crippen molar-refractivity contribution < 1.29 is 64.2 Å². The third-order valence-electron chi connectivity index (χ3n) is 6.36. The lowest BCUT2D eigenvalue weighted by Crippen LogP contribution is -2.59. The smallest absolute Gasteiger partial charge is 0.200 e. The van der Waals surface area contributed by atoms with E-state index < -0.39 is 56.1 Å². The molecule has 7 N–H and O–H groups in total. The summed E-state index contributed by atoms with van der Waals surface area (Å²) < 4.78 is 33.6. The van der Waals surface area contributed by atoms with E-state index in [0.29, 0.717) is 11.3 Å². The molecule has 1 fully saturated rings. The Balaban J connectivity index is 2.05. The van der Waals surface area contributed by atoms with Crippen LogP contribution in [-0.4, -0.2) is 114 Å². The number of rotatable bonds is 13. The van der Waals surface area contributed by atoms with Gasteiger partial charge < -0.3 is 64.2 Å². The van der Waals surface area contributed by atoms with Crippen LogP contribution in [0.2, 0.25) is 0 Å². The number of aromatic hydroxyl groups is 1. The number of phenolic OH excluding ortho intramolecular Hbond substituents is 1. The van der Waals surface area contributed by atoms with E-state index in [0.717, 1.165) is 0 Å². The second kappa shape index (κ2) is 14.5. The molecule has 0 spiro atoms. The monoisotopic (exact) mass is 568 g/mol. The van der Waals surface area contributed by atoms with Crippen LogP contribution in [0.15, 0.2) is 36.4 Å². The average Bonchev–Trinajstić information content (AvgIpc) is 2.98. The van der Waals surface area contributed by atoms with Gasteiger partial charge in [-0.25, -0.2) is 0 Å². The van der Waals surface area contributed by atoms with E-state index in [2.05, 4.69) is 0 Å². The molecule has 222 valence electrons. The summed E-state index contributed by atoms with van der Waals surface area (Å²) in [5.41, 5.74) is 0.963. The van der Waals surface area contributed by atoms with Gasteiger partial charge in [-0.15, -0.1) is 0 Å². The van der Waals surface area contributed by atoms with Crippen LogP contribution in [0.4, 0.5) is 0 Å². The Morgan fingerprint density at radius 3 is 2.05 bits per heavy atom. The van der Waals surface area contributed by atoms with Crippen molar-refractivity contribution in [1.29, 1.82) is 0 Å². The van der Waals surface area contributed by atoms with Crippen LogP contribution < -0.4 is 18.9 Å². The maximum Gasteiger partial charge on any atom is 0.200 e. The van der Waals surface area contributed by atoms with Gasteiger partial charge in [0.15, 0.2) is 35.4 Å². The summed E-state index contributed by atoms with van der Waals surface area (Å²) in [4.78, 5) is 0. The van der Waals surface area contributed by atoms with E-state index in [9.17, 15) is 30.6 Å². The summed E-state index contributed by atoms with van der Waals surface area (Å²) in [5, 5.41) is 70.5. The SMILES string of the molecule is COc1cc(/C=C/CO)ccc1OC(CO)C(O[C@@H]1O[C@H](CO)[C@@H](O)[C@H](O)[C@H]1O)c1cc(OC)c(O)c(OC)c1. The summed E-state index contributed by atoms with van der Waals surface area (Å²) in [6.45, 7) is -1.46. The molecule has 0 bridgehead atoms. The van der Waals surface area contributed by atoms with Gasteiger partial charge in [0, 0.05) is 0 Å². The minimum atomic E-state index is -1.74. The molecule has 1 heterocycles. The lowest BCUT2D eigenvalue weighted by Gasteiger charge is -2.41. The Labute approximate surface area is 231 Å². The van der Waals surface area contributed by atoms with Gasteiger partial charge in [0.05, 0.1) is 41.2 Å². The lowest BCUT2D eigenvalue weighted by atomic mass is 9.98. The average molecular weight is 569 g/mol. The van der Waals surface area contributed by atoms with E-state index in [4.69, 9.17) is 33.5 Å². The zero-order chi connectivity index (χ0) is 29.4. The fourth-order valence-corrected chi connectivity index (χ4v) is 4.22. The third-order valence-corrected chi connectivity index (χ3v) is 6.36. The summed E-state index contributed by atoms with van der Waals surface area (Å²) in [7, 11) is 4.07. The molecule has 1 saturated heterocycles. The highest BCUT2D eigenvalue weighted by atomic mass is 16.7. The van der Waals surface area contributed by atoms with Gasteiger partial charge in [0.1, 0.15) is 30.5 Å². The molecule has 0 aliphatic carbocycles. The summed E-state index contributed by atoms with van der Waals surface area (Å²) in [5.74, 6) is 0.223. The number of aliphatic hydroxyl groups is 6. The van der Waals surface area contributed by atoms with Crippen molar-refractivity contribution in [3.05, 3.63) is 47.5 Å². The first-order valence-corrected chi connectivity index (χ1v) is 12.4. The molecule has 0 saturated carbocycles. The normalized spacial score (nSPS) is 24.5. The maximum absolute atomic E-state index is 10.6. The van der Waals surface area contributed by atoms with E-state index in [1.54, 1.807) is 30.4 Å². The van der Waals surface area contributed by atoms with Crippen LogP contribution in [0.5, 0.6) is 28.7 Å². The standard InChI is InChI=1S/C27H36O13/c1-35-17-9-14(5-4-8-28)6-7-16(17)38-21(13-30)26(15-10-18(36-2)22(31)19(11-15)37-3)40-27-25(34)24(33)23(32)20(12-29)39-27/h4-7,9-11,20-21,23-34H,8,12-13H2,1-3H3/b5-4+/t20-,21?,23-,24+,25-,26?,27+/m1/s1. The minimum Gasteiger partial charge on any atom is -0.502 e. The number of aliphatic hydroxyl groups excluding tert-OH is 6. The highest BCUT2D eigenvalue weighted by molar-refractivity contribution is 5.56. The molecule has 0 aromatic heterocycles. The lowest BCUT2D eigenvalue weighted by molar-refractivity contribution is -0.318. The molecule has 1 aliphatic heterocycles. The summed E-state index contributed by atoms with van der Waals surface area (Å²) >= 11 is 0. The van der Waals surface area contributed by atoms with Crippen molar-refractivity contribution in [1.82, 2.24) is 0 Å². The molecule has 7 atom stereocenters. The van der Waals surface area contributed by atoms with E-state index in [1.165, 1.54) is 33.5 Å². The van der Waals surface area contributed by atoms with Gasteiger partial charge in [0.25, 0.3) is 0 Å². The summed E-state index contributed by atoms with van der Waals surface area (Å²) in [6, 6.07) is 7.73. The van der Waals surface area contributed by atoms with Crippen LogP contribution in [0.25, 0.3) is 6.08 Å². The zero-order valence-electron chi connectivity index (χ0n) is 22.3. The van der Waals surface area contributed by atoms with E-state index >= 15 is 0 Å². The van der Waals surface area contributed by atoms with Crippen LogP contribution in [-0.2, 0) is 9.47 Å². The minimum absolute atomic E-state index is 0.00560. The number of methoxy groups -OCH3 is 3. The molecule has 0 amide bonds. The van der Waals surface area contributed by atoms with Crippen molar-refractivity contribution in [3.8, 4) is 28.7 Å². The van der Waals surface area contributed by atoms with Gasteiger partial charge >= 0.3 is 0 Å². The van der Waals surface area contributed by atoms with Gasteiger partial charge in [-0.3, -0.25) is 0 Å².